The van der Waals surface area contributed by atoms with Crippen molar-refractivity contribution in [3.8, 4) is 0 Å². The molecule has 2 aliphatic rings. The fourth-order valence-electron chi connectivity index (χ4n) is 2.74. The van der Waals surface area contributed by atoms with Crippen molar-refractivity contribution in [2.75, 3.05) is 46.1 Å². The van der Waals surface area contributed by atoms with Crippen molar-refractivity contribution in [1.29, 1.82) is 0 Å². The van der Waals surface area contributed by atoms with E-state index in [1.807, 2.05) is 0 Å². The second kappa shape index (κ2) is 6.99. The Labute approximate surface area is 116 Å². The molecule has 2 atom stereocenters. The van der Waals surface area contributed by atoms with E-state index in [4.69, 9.17) is 19.9 Å². The van der Waals surface area contributed by atoms with Crippen LogP contribution >= 0.6 is 0 Å². The van der Waals surface area contributed by atoms with Crippen molar-refractivity contribution < 1.29 is 14.2 Å². The molecule has 2 saturated heterocycles. The third-order valence-corrected chi connectivity index (χ3v) is 4.13. The maximum atomic E-state index is 6.09. The molecule has 2 heterocycles. The van der Waals surface area contributed by atoms with Crippen LogP contribution in [0, 0.1) is 0 Å². The van der Waals surface area contributed by atoms with Crippen LogP contribution in [0.3, 0.4) is 0 Å². The highest BCUT2D eigenvalue weighted by molar-refractivity contribution is 4.85. The van der Waals surface area contributed by atoms with Gasteiger partial charge in [-0.2, -0.15) is 0 Å². The molecular formula is C14H28N2O3. The van der Waals surface area contributed by atoms with Crippen molar-refractivity contribution in [2.45, 2.75) is 44.4 Å². The molecule has 0 amide bonds. The van der Waals surface area contributed by atoms with Gasteiger partial charge in [-0.05, 0) is 26.7 Å². The van der Waals surface area contributed by atoms with Gasteiger partial charge in [0.25, 0.3) is 0 Å². The van der Waals surface area contributed by atoms with Gasteiger partial charge in [-0.25, -0.2) is 0 Å². The predicted molar refractivity (Wildman–Crippen MR) is 74.2 cm³/mol. The van der Waals surface area contributed by atoms with Crippen molar-refractivity contribution in [3.63, 3.8) is 0 Å². The van der Waals surface area contributed by atoms with Gasteiger partial charge in [0.15, 0.2) is 0 Å². The van der Waals surface area contributed by atoms with Crippen molar-refractivity contribution >= 4 is 0 Å². The van der Waals surface area contributed by atoms with Crippen LogP contribution in [0.15, 0.2) is 0 Å². The number of rotatable bonds is 5. The summed E-state index contributed by atoms with van der Waals surface area (Å²) in [6.07, 6.45) is 2.17. The Balaban J connectivity index is 1.80. The molecule has 0 aromatic heterocycles. The van der Waals surface area contributed by atoms with E-state index in [-0.39, 0.29) is 11.7 Å². The minimum atomic E-state index is -0.290. The van der Waals surface area contributed by atoms with Gasteiger partial charge in [-0.15, -0.1) is 0 Å². The lowest BCUT2D eigenvalue weighted by Gasteiger charge is -2.39. The number of nitrogens with zero attached hydrogens (tertiary/aromatic N) is 1. The number of ether oxygens (including phenoxy) is 3. The van der Waals surface area contributed by atoms with E-state index in [0.29, 0.717) is 25.8 Å². The van der Waals surface area contributed by atoms with Crippen LogP contribution in [0.4, 0.5) is 0 Å². The van der Waals surface area contributed by atoms with E-state index in [1.165, 1.54) is 0 Å². The Morgan fingerprint density at radius 1 is 1.42 bits per heavy atom. The average Bonchev–Trinajstić information content (AvgIpc) is 2.46. The zero-order valence-electron chi connectivity index (χ0n) is 12.3. The molecule has 0 aromatic rings. The van der Waals surface area contributed by atoms with E-state index in [2.05, 4.69) is 18.7 Å². The SMILES string of the molecule is CC(C)N1CCOC(COC2(CN)CCCOC2)C1. The van der Waals surface area contributed by atoms with E-state index in [1.54, 1.807) is 0 Å². The summed E-state index contributed by atoms with van der Waals surface area (Å²) in [4.78, 5) is 2.43. The number of hydrogen-bond donors (Lipinski definition) is 1. The standard InChI is InChI=1S/C14H28N2O3/c1-12(2)16-5-7-18-13(8-16)9-19-14(10-15)4-3-6-17-11-14/h12-13H,3-11,15H2,1-2H3. The van der Waals surface area contributed by atoms with Crippen LogP contribution in [0.5, 0.6) is 0 Å². The van der Waals surface area contributed by atoms with Gasteiger partial charge < -0.3 is 19.9 Å². The van der Waals surface area contributed by atoms with E-state index in [0.717, 1.165) is 39.1 Å². The van der Waals surface area contributed by atoms with Gasteiger partial charge in [0.2, 0.25) is 0 Å². The minimum Gasteiger partial charge on any atom is -0.378 e. The number of nitrogens with two attached hydrogens (primary N) is 1. The molecule has 0 saturated carbocycles. The van der Waals surface area contributed by atoms with Crippen molar-refractivity contribution in [3.05, 3.63) is 0 Å². The number of hydrogen-bond acceptors (Lipinski definition) is 5. The summed E-state index contributed by atoms with van der Waals surface area (Å²) in [5.74, 6) is 0. The largest absolute Gasteiger partial charge is 0.378 e. The first kappa shape index (κ1) is 15.2. The third kappa shape index (κ3) is 4.13. The van der Waals surface area contributed by atoms with Gasteiger partial charge in [0.1, 0.15) is 5.60 Å². The Bertz CT molecular complexity index is 267. The van der Waals surface area contributed by atoms with Gasteiger partial charge >= 0.3 is 0 Å². The smallest absolute Gasteiger partial charge is 0.104 e. The molecule has 5 nitrogen and oxygen atoms in total. The fourth-order valence-corrected chi connectivity index (χ4v) is 2.74. The highest BCUT2D eigenvalue weighted by Crippen LogP contribution is 2.23. The van der Waals surface area contributed by atoms with Crippen molar-refractivity contribution in [1.82, 2.24) is 4.90 Å². The molecular weight excluding hydrogens is 244 g/mol. The third-order valence-electron chi connectivity index (χ3n) is 4.13. The first-order valence-electron chi connectivity index (χ1n) is 7.43. The van der Waals surface area contributed by atoms with Crippen LogP contribution in [-0.2, 0) is 14.2 Å². The summed E-state index contributed by atoms with van der Waals surface area (Å²) in [5, 5.41) is 0. The molecule has 2 rings (SSSR count). The monoisotopic (exact) mass is 272 g/mol. The molecule has 0 radical (unpaired) electrons. The maximum Gasteiger partial charge on any atom is 0.104 e. The lowest BCUT2D eigenvalue weighted by atomic mass is 9.96. The van der Waals surface area contributed by atoms with E-state index in [9.17, 15) is 0 Å². The Morgan fingerprint density at radius 2 is 2.26 bits per heavy atom. The molecule has 0 aliphatic carbocycles. The molecule has 19 heavy (non-hydrogen) atoms. The molecule has 2 fully saturated rings. The average molecular weight is 272 g/mol. The molecule has 112 valence electrons. The summed E-state index contributed by atoms with van der Waals surface area (Å²) in [6, 6.07) is 0.563. The molecule has 0 bridgehead atoms. The van der Waals surface area contributed by atoms with Gasteiger partial charge in [0.05, 0.1) is 25.9 Å². The maximum absolute atomic E-state index is 6.09. The highest BCUT2D eigenvalue weighted by atomic mass is 16.6. The molecule has 0 spiro atoms. The molecule has 2 unspecified atom stereocenters. The zero-order chi connectivity index (χ0) is 13.7. The van der Waals surface area contributed by atoms with Gasteiger partial charge in [-0.1, -0.05) is 0 Å². The normalized spacial score (nSPS) is 33.8. The number of morpholine rings is 1. The van der Waals surface area contributed by atoms with Crippen molar-refractivity contribution in [2.24, 2.45) is 5.73 Å². The topological polar surface area (TPSA) is 57.0 Å². The highest BCUT2D eigenvalue weighted by Gasteiger charge is 2.34. The summed E-state index contributed by atoms with van der Waals surface area (Å²) in [7, 11) is 0. The predicted octanol–water partition coefficient (Wildman–Crippen LogP) is 0.620. The zero-order valence-corrected chi connectivity index (χ0v) is 12.3. The second-order valence-electron chi connectivity index (χ2n) is 5.94. The second-order valence-corrected chi connectivity index (χ2v) is 5.94. The summed E-state index contributed by atoms with van der Waals surface area (Å²) in [6.45, 7) is 9.77. The van der Waals surface area contributed by atoms with E-state index < -0.39 is 0 Å². The van der Waals surface area contributed by atoms with Crippen LogP contribution in [0.1, 0.15) is 26.7 Å². The Kier molecular flexibility index (Phi) is 5.59. The van der Waals surface area contributed by atoms with Gasteiger partial charge in [-0.3, -0.25) is 4.90 Å². The lowest BCUT2D eigenvalue weighted by molar-refractivity contribution is -0.158. The van der Waals surface area contributed by atoms with Crippen LogP contribution in [-0.4, -0.2) is 68.7 Å². The molecule has 0 aromatic carbocycles. The first-order valence-corrected chi connectivity index (χ1v) is 7.43. The van der Waals surface area contributed by atoms with Gasteiger partial charge in [0, 0.05) is 32.3 Å². The van der Waals surface area contributed by atoms with Crippen LogP contribution in [0.25, 0.3) is 0 Å². The first-order chi connectivity index (χ1) is 9.15. The molecule has 2 N–H and O–H groups in total. The lowest BCUT2D eigenvalue weighted by Crippen LogP contribution is -2.52. The Morgan fingerprint density at radius 3 is 2.89 bits per heavy atom. The summed E-state index contributed by atoms with van der Waals surface area (Å²) < 4.78 is 17.4. The fraction of sp³-hybridized carbons (Fsp3) is 1.00. The quantitative estimate of drug-likeness (QED) is 0.795. The minimum absolute atomic E-state index is 0.154. The van der Waals surface area contributed by atoms with E-state index >= 15 is 0 Å². The summed E-state index contributed by atoms with van der Waals surface area (Å²) in [5.41, 5.74) is 5.58. The summed E-state index contributed by atoms with van der Waals surface area (Å²) >= 11 is 0. The Hall–Kier alpha value is -0.200. The molecule has 5 heteroatoms. The van der Waals surface area contributed by atoms with Crippen LogP contribution in [0.2, 0.25) is 0 Å². The molecule has 2 aliphatic heterocycles. The van der Waals surface area contributed by atoms with Crippen LogP contribution < -0.4 is 5.73 Å².